The van der Waals surface area contributed by atoms with E-state index < -0.39 is 0 Å². The Morgan fingerprint density at radius 1 is 0.976 bits per heavy atom. The summed E-state index contributed by atoms with van der Waals surface area (Å²) in [7, 11) is 1.60. The van der Waals surface area contributed by atoms with Crippen LogP contribution in [0.1, 0.15) is 30.9 Å². The van der Waals surface area contributed by atoms with E-state index in [2.05, 4.69) is 40.7 Å². The van der Waals surface area contributed by atoms with Gasteiger partial charge in [0.1, 0.15) is 5.75 Å². The van der Waals surface area contributed by atoms with Crippen molar-refractivity contribution < 1.29 is 19.0 Å². The number of morpholine rings is 1. The molecule has 4 aromatic rings. The number of hydrogen-bond acceptors (Lipinski definition) is 6. The van der Waals surface area contributed by atoms with E-state index in [4.69, 9.17) is 19.2 Å². The zero-order valence-electron chi connectivity index (χ0n) is 23.6. The predicted molar refractivity (Wildman–Crippen MR) is 161 cm³/mol. The van der Waals surface area contributed by atoms with Crippen LogP contribution in [-0.4, -0.2) is 55.9 Å². The van der Waals surface area contributed by atoms with E-state index in [9.17, 15) is 4.79 Å². The van der Waals surface area contributed by atoms with E-state index in [-0.39, 0.29) is 11.6 Å². The summed E-state index contributed by atoms with van der Waals surface area (Å²) < 4.78 is 17.0. The lowest BCUT2D eigenvalue weighted by Gasteiger charge is -2.26. The molecule has 2 fully saturated rings. The van der Waals surface area contributed by atoms with Gasteiger partial charge in [-0.05, 0) is 60.5 Å². The molecule has 212 valence electrons. The minimum atomic E-state index is -0.361. The van der Waals surface area contributed by atoms with E-state index >= 15 is 0 Å². The molecule has 2 aliphatic rings. The molecule has 0 spiro atoms. The van der Waals surface area contributed by atoms with Crippen LogP contribution in [0, 0.1) is 0 Å². The van der Waals surface area contributed by atoms with Gasteiger partial charge in [0.05, 0.1) is 43.0 Å². The van der Waals surface area contributed by atoms with E-state index in [1.165, 1.54) is 5.56 Å². The highest BCUT2D eigenvalue weighted by Gasteiger charge is 2.32. The lowest BCUT2D eigenvalue weighted by molar-refractivity contribution is 0.0168. The van der Waals surface area contributed by atoms with Crippen molar-refractivity contribution in [3.63, 3.8) is 0 Å². The summed E-state index contributed by atoms with van der Waals surface area (Å²) in [5, 5.41) is 7.99. The number of methoxy groups -OCH3 is 1. The van der Waals surface area contributed by atoms with Crippen molar-refractivity contribution in [2.75, 3.05) is 50.7 Å². The number of anilines is 2. The number of carbonyl (C=O) groups is 1. The third-order valence-electron chi connectivity index (χ3n) is 8.06. The molecule has 1 atom stereocenters. The number of pyridine rings is 1. The normalized spacial score (nSPS) is 19.3. The number of rotatable bonds is 7. The molecule has 0 aliphatic carbocycles. The van der Waals surface area contributed by atoms with Crippen molar-refractivity contribution in [2.45, 2.75) is 31.9 Å². The molecule has 3 heterocycles. The summed E-state index contributed by atoms with van der Waals surface area (Å²) in [5.41, 5.74) is 5.07. The number of nitrogens with zero attached hydrogens (tertiary/aromatic N) is 2. The summed E-state index contributed by atoms with van der Waals surface area (Å²) >= 11 is 0. The molecule has 2 N–H and O–H groups in total. The van der Waals surface area contributed by atoms with Gasteiger partial charge in [-0.15, -0.1) is 0 Å². The second-order valence-corrected chi connectivity index (χ2v) is 10.8. The van der Waals surface area contributed by atoms with E-state index in [1.54, 1.807) is 7.11 Å². The van der Waals surface area contributed by atoms with Gasteiger partial charge in [-0.2, -0.15) is 0 Å². The molecule has 3 aromatic carbocycles. The van der Waals surface area contributed by atoms with Gasteiger partial charge in [0.25, 0.3) is 0 Å². The maximum absolute atomic E-state index is 13.2. The average molecular weight is 553 g/mol. The third-order valence-corrected chi connectivity index (χ3v) is 8.06. The third kappa shape index (κ3) is 5.91. The van der Waals surface area contributed by atoms with Gasteiger partial charge in [-0.25, -0.2) is 4.79 Å². The molecular formula is C33H36N4O4. The number of fused-ring (bicyclic) bond motifs is 1. The highest BCUT2D eigenvalue weighted by atomic mass is 16.5. The van der Waals surface area contributed by atoms with Crippen LogP contribution in [-0.2, 0) is 21.6 Å². The van der Waals surface area contributed by atoms with Gasteiger partial charge in [0.2, 0.25) is 0 Å². The summed E-state index contributed by atoms with van der Waals surface area (Å²) in [4.78, 5) is 20.4. The Balaban J connectivity index is 1.21. The Morgan fingerprint density at radius 2 is 1.78 bits per heavy atom. The van der Waals surface area contributed by atoms with Crippen LogP contribution in [0.5, 0.6) is 5.75 Å². The topological polar surface area (TPSA) is 85.0 Å². The first-order valence-corrected chi connectivity index (χ1v) is 14.2. The highest BCUT2D eigenvalue weighted by Crippen LogP contribution is 2.39. The fourth-order valence-electron chi connectivity index (χ4n) is 5.74. The number of aromatic nitrogens is 1. The van der Waals surface area contributed by atoms with Gasteiger partial charge < -0.3 is 24.8 Å². The van der Waals surface area contributed by atoms with E-state index in [0.717, 1.165) is 79.9 Å². The molecule has 0 saturated carbocycles. The number of amides is 2. The Kier molecular flexibility index (Phi) is 7.87. The summed E-state index contributed by atoms with van der Waals surface area (Å²) in [6.07, 6.45) is 3.91. The molecule has 2 amide bonds. The molecule has 8 nitrogen and oxygen atoms in total. The molecule has 0 radical (unpaired) electrons. The van der Waals surface area contributed by atoms with E-state index in [1.807, 2.05) is 54.7 Å². The van der Waals surface area contributed by atoms with Crippen LogP contribution >= 0.6 is 0 Å². The Bertz CT molecular complexity index is 1530. The minimum Gasteiger partial charge on any atom is -0.495 e. The number of ether oxygens (including phenoxy) is 3. The van der Waals surface area contributed by atoms with Crippen molar-refractivity contribution in [1.29, 1.82) is 0 Å². The molecule has 0 bridgehead atoms. The first kappa shape index (κ1) is 27.2. The molecule has 1 unspecified atom stereocenters. The number of urea groups is 1. The van der Waals surface area contributed by atoms with Crippen molar-refractivity contribution in [2.24, 2.45) is 0 Å². The summed E-state index contributed by atoms with van der Waals surface area (Å²) in [6, 6.07) is 21.7. The zero-order chi connectivity index (χ0) is 28.2. The molecule has 2 aliphatic heterocycles. The highest BCUT2D eigenvalue weighted by molar-refractivity contribution is 6.09. The molecule has 6 rings (SSSR count). The monoisotopic (exact) mass is 552 g/mol. The van der Waals surface area contributed by atoms with Gasteiger partial charge in [0, 0.05) is 43.4 Å². The summed E-state index contributed by atoms with van der Waals surface area (Å²) in [5.74, 6) is 0.592. The Hall–Kier alpha value is -3.98. The van der Waals surface area contributed by atoms with Crippen molar-refractivity contribution in [3.8, 4) is 17.0 Å². The lowest BCUT2D eigenvalue weighted by Crippen LogP contribution is -2.35. The standard InChI is InChI=1S/C33H36N4O4/c1-33(14-5-17-41-33)24-9-13-31(39-2)30(20-24)36-32(38)35-29-12-10-27(25-6-3-4-7-26(25)29)28-11-8-23(21-34-28)22-37-15-18-40-19-16-37/h3-4,6-13,20-21H,5,14-19,22H2,1-2H3,(H2,35,36,38). The van der Waals surface area contributed by atoms with Gasteiger partial charge in [-0.3, -0.25) is 9.88 Å². The fourth-order valence-corrected chi connectivity index (χ4v) is 5.74. The lowest BCUT2D eigenvalue weighted by atomic mass is 9.92. The van der Waals surface area contributed by atoms with Crippen LogP contribution < -0.4 is 15.4 Å². The molecule has 1 aromatic heterocycles. The minimum absolute atomic E-state index is 0.346. The van der Waals surface area contributed by atoms with Crippen LogP contribution in [0.3, 0.4) is 0 Å². The molecule has 2 saturated heterocycles. The van der Waals surface area contributed by atoms with Gasteiger partial charge in [-0.1, -0.05) is 42.5 Å². The van der Waals surface area contributed by atoms with Crippen LogP contribution in [0.15, 0.2) is 72.9 Å². The number of nitrogens with one attached hydrogen (secondary N) is 2. The van der Waals surface area contributed by atoms with Crippen molar-refractivity contribution >= 4 is 28.2 Å². The predicted octanol–water partition coefficient (Wildman–Crippen LogP) is 6.41. The molecular weight excluding hydrogens is 516 g/mol. The number of hydrogen-bond donors (Lipinski definition) is 2. The largest absolute Gasteiger partial charge is 0.495 e. The van der Waals surface area contributed by atoms with Crippen molar-refractivity contribution in [3.05, 3.63) is 84.1 Å². The van der Waals surface area contributed by atoms with Crippen molar-refractivity contribution in [1.82, 2.24) is 9.88 Å². The SMILES string of the molecule is COc1ccc(C2(C)CCCO2)cc1NC(=O)Nc1ccc(-c2ccc(CN3CCOCC3)cn2)c2ccccc12. The average Bonchev–Trinajstić information content (AvgIpc) is 3.46. The molecule has 41 heavy (non-hydrogen) atoms. The molecule has 8 heteroatoms. The van der Waals surface area contributed by atoms with Crippen LogP contribution in [0.25, 0.3) is 22.0 Å². The van der Waals surface area contributed by atoms with E-state index in [0.29, 0.717) is 17.1 Å². The van der Waals surface area contributed by atoms with Crippen LogP contribution in [0.2, 0.25) is 0 Å². The Labute approximate surface area is 240 Å². The number of carbonyl (C=O) groups excluding carboxylic acids is 1. The second kappa shape index (κ2) is 11.9. The first-order valence-electron chi connectivity index (χ1n) is 14.2. The zero-order valence-corrected chi connectivity index (χ0v) is 23.6. The summed E-state index contributed by atoms with van der Waals surface area (Å²) in [6.45, 7) is 7.15. The smallest absolute Gasteiger partial charge is 0.323 e. The van der Waals surface area contributed by atoms with Crippen LogP contribution in [0.4, 0.5) is 16.2 Å². The maximum atomic E-state index is 13.2. The quantitative estimate of drug-likeness (QED) is 0.276. The first-order chi connectivity index (χ1) is 20.0. The second-order valence-electron chi connectivity index (χ2n) is 10.8. The Morgan fingerprint density at radius 3 is 2.51 bits per heavy atom. The van der Waals surface area contributed by atoms with Gasteiger partial charge in [0.15, 0.2) is 0 Å². The number of benzene rings is 3. The maximum Gasteiger partial charge on any atom is 0.323 e. The fraction of sp³-hybridized carbons (Fsp3) is 0.333. The van der Waals surface area contributed by atoms with Gasteiger partial charge >= 0.3 is 6.03 Å².